The van der Waals surface area contributed by atoms with Crippen LogP contribution in [-0.4, -0.2) is 69.6 Å². The van der Waals surface area contributed by atoms with E-state index in [9.17, 15) is 28.0 Å². The van der Waals surface area contributed by atoms with Gasteiger partial charge in [0, 0.05) is 19.3 Å². The van der Waals surface area contributed by atoms with E-state index < -0.39 is 41.7 Å². The lowest BCUT2D eigenvalue weighted by Gasteiger charge is -2.23. The highest BCUT2D eigenvalue weighted by molar-refractivity contribution is 5.90. The summed E-state index contributed by atoms with van der Waals surface area (Å²) in [7, 11) is 0. The third kappa shape index (κ3) is 4.62. The second-order valence-corrected chi connectivity index (χ2v) is 8.62. The SMILES string of the molecule is O=C(NC[C@H]1CN(c2ccc(N3CCn4c(=O)n(-c5ccccn5)c(=O)n4CC3)c(F)c2)C(=O)O1)C(F)F. The summed E-state index contributed by atoms with van der Waals surface area (Å²) in [6, 6.07) is 9.02. The number of aromatic nitrogens is 4. The highest BCUT2D eigenvalue weighted by atomic mass is 19.3. The second-order valence-electron chi connectivity index (χ2n) is 8.62. The Balaban J connectivity index is 1.29. The maximum atomic E-state index is 15.2. The number of nitrogens with one attached hydrogen (secondary N) is 1. The van der Waals surface area contributed by atoms with E-state index in [2.05, 4.69) is 4.98 Å². The van der Waals surface area contributed by atoms with Crippen molar-refractivity contribution in [2.75, 3.05) is 36.0 Å². The largest absolute Gasteiger partial charge is 0.442 e. The van der Waals surface area contributed by atoms with Crippen LogP contribution in [-0.2, 0) is 22.6 Å². The molecule has 0 saturated carbocycles. The number of fused-ring (bicyclic) bond motifs is 1. The maximum Gasteiger partial charge on any atom is 0.414 e. The zero-order valence-corrected chi connectivity index (χ0v) is 19.8. The number of nitrogens with zero attached hydrogens (tertiary/aromatic N) is 6. The summed E-state index contributed by atoms with van der Waals surface area (Å²) >= 11 is 0. The van der Waals surface area contributed by atoms with Crippen molar-refractivity contribution >= 4 is 23.4 Å². The Morgan fingerprint density at radius 1 is 1.05 bits per heavy atom. The predicted octanol–water partition coefficient (Wildman–Crippen LogP) is 0.561. The quantitative estimate of drug-likeness (QED) is 0.491. The normalized spacial score (nSPS) is 17.4. The van der Waals surface area contributed by atoms with Crippen molar-refractivity contribution in [3.63, 3.8) is 0 Å². The molecular weight excluding hydrogens is 511 g/mol. The van der Waals surface area contributed by atoms with Gasteiger partial charge in [0.2, 0.25) is 0 Å². The fraction of sp³-hybridized carbons (Fsp3) is 0.348. The summed E-state index contributed by atoms with van der Waals surface area (Å²) < 4.78 is 48.6. The third-order valence-electron chi connectivity index (χ3n) is 6.32. The number of pyridine rings is 1. The van der Waals surface area contributed by atoms with Crippen LogP contribution in [0.15, 0.2) is 52.2 Å². The monoisotopic (exact) mass is 533 g/mol. The molecule has 15 heteroatoms. The van der Waals surface area contributed by atoms with E-state index >= 15 is 4.39 Å². The number of hydrogen-bond acceptors (Lipinski definition) is 7. The molecule has 200 valence electrons. The zero-order valence-electron chi connectivity index (χ0n) is 19.8. The van der Waals surface area contributed by atoms with Crippen LogP contribution in [0.3, 0.4) is 0 Å². The Morgan fingerprint density at radius 2 is 1.76 bits per heavy atom. The summed E-state index contributed by atoms with van der Waals surface area (Å²) in [6.07, 6.45) is -3.38. The standard InChI is InChI=1S/C23H22F3N7O5/c24-16-11-14(30-13-15(38-23(30)37)12-28-20(34)19(25)26)4-5-17(16)29-7-9-31-21(35)33(18-3-1-2-6-27-18)22(36)32(31)10-8-29/h1-6,11,15,19H,7-10,12-13H2,(H,28,34)/t15-/m0/s1. The molecule has 2 aliphatic heterocycles. The molecule has 5 rings (SSSR count). The Kier molecular flexibility index (Phi) is 6.65. The van der Waals surface area contributed by atoms with Gasteiger partial charge in [0.15, 0.2) is 0 Å². The molecule has 0 spiro atoms. The van der Waals surface area contributed by atoms with Crippen LogP contribution >= 0.6 is 0 Å². The number of anilines is 2. The highest BCUT2D eigenvalue weighted by Gasteiger charge is 2.34. The van der Waals surface area contributed by atoms with E-state index in [0.717, 1.165) is 15.5 Å². The molecule has 2 amide bonds. The van der Waals surface area contributed by atoms with Crippen molar-refractivity contribution < 1.29 is 27.5 Å². The number of amides is 2. The summed E-state index contributed by atoms with van der Waals surface area (Å²) in [6.45, 7) is 0.353. The third-order valence-corrected chi connectivity index (χ3v) is 6.32. The number of cyclic esters (lactones) is 1. The lowest BCUT2D eigenvalue weighted by Crippen LogP contribution is -2.37. The van der Waals surface area contributed by atoms with Crippen molar-refractivity contribution in [3.8, 4) is 5.82 Å². The predicted molar refractivity (Wildman–Crippen MR) is 127 cm³/mol. The van der Waals surface area contributed by atoms with Crippen LogP contribution in [0.25, 0.3) is 5.82 Å². The van der Waals surface area contributed by atoms with E-state index in [-0.39, 0.29) is 56.5 Å². The smallest absolute Gasteiger partial charge is 0.414 e. The number of benzene rings is 1. The highest BCUT2D eigenvalue weighted by Crippen LogP contribution is 2.28. The lowest BCUT2D eigenvalue weighted by atomic mass is 10.2. The second kappa shape index (κ2) is 10.1. The minimum Gasteiger partial charge on any atom is -0.442 e. The molecule has 3 aromatic rings. The van der Waals surface area contributed by atoms with Crippen LogP contribution in [0, 0.1) is 5.82 Å². The van der Waals surface area contributed by atoms with Gasteiger partial charge in [0.25, 0.3) is 5.91 Å². The van der Waals surface area contributed by atoms with Crippen LogP contribution in [0.1, 0.15) is 0 Å². The first-order chi connectivity index (χ1) is 18.2. The molecule has 1 saturated heterocycles. The fourth-order valence-electron chi connectivity index (χ4n) is 4.47. The van der Waals surface area contributed by atoms with Crippen molar-refractivity contribution in [2.24, 2.45) is 0 Å². The van der Waals surface area contributed by atoms with E-state index in [1.165, 1.54) is 27.7 Å². The molecule has 2 aromatic heterocycles. The van der Waals surface area contributed by atoms with Crippen LogP contribution in [0.5, 0.6) is 0 Å². The van der Waals surface area contributed by atoms with E-state index in [4.69, 9.17) is 4.74 Å². The first-order valence-electron chi connectivity index (χ1n) is 11.7. The van der Waals surface area contributed by atoms with Gasteiger partial charge in [-0.05, 0) is 30.3 Å². The molecule has 12 nitrogen and oxygen atoms in total. The van der Waals surface area contributed by atoms with Gasteiger partial charge in [0.05, 0.1) is 37.6 Å². The summed E-state index contributed by atoms with van der Waals surface area (Å²) in [5.41, 5.74) is -0.684. The molecule has 2 aliphatic rings. The molecule has 1 atom stereocenters. The van der Waals surface area contributed by atoms with Crippen LogP contribution in [0.2, 0.25) is 0 Å². The minimum atomic E-state index is -3.19. The number of alkyl halides is 2. The number of carbonyl (C=O) groups excluding carboxylic acids is 2. The van der Waals surface area contributed by atoms with E-state index in [0.29, 0.717) is 0 Å². The number of carbonyl (C=O) groups is 2. The number of halogens is 3. The lowest BCUT2D eigenvalue weighted by molar-refractivity contribution is -0.132. The van der Waals surface area contributed by atoms with Crippen LogP contribution < -0.4 is 26.5 Å². The van der Waals surface area contributed by atoms with Gasteiger partial charge in [-0.3, -0.25) is 9.69 Å². The van der Waals surface area contributed by atoms with Crippen molar-refractivity contribution in [3.05, 3.63) is 69.4 Å². The Hall–Kier alpha value is -4.56. The molecule has 1 aromatic carbocycles. The van der Waals surface area contributed by atoms with Gasteiger partial charge in [-0.2, -0.15) is 13.3 Å². The topological polar surface area (TPSA) is 124 Å². The first kappa shape index (κ1) is 25.1. The Morgan fingerprint density at radius 3 is 2.37 bits per heavy atom. The molecular formula is C23H22F3N7O5. The molecule has 38 heavy (non-hydrogen) atoms. The van der Waals surface area contributed by atoms with Gasteiger partial charge in [-0.15, -0.1) is 0 Å². The van der Waals surface area contributed by atoms with Gasteiger partial charge >= 0.3 is 23.9 Å². The average molecular weight is 533 g/mol. The number of hydrogen-bond donors (Lipinski definition) is 1. The van der Waals surface area contributed by atoms with Gasteiger partial charge in [-0.25, -0.2) is 33.1 Å². The maximum absolute atomic E-state index is 15.2. The molecule has 4 heterocycles. The minimum absolute atomic E-state index is 0.0637. The van der Waals surface area contributed by atoms with E-state index in [1.54, 1.807) is 23.1 Å². The van der Waals surface area contributed by atoms with E-state index in [1.807, 2.05) is 5.32 Å². The van der Waals surface area contributed by atoms with Gasteiger partial charge in [-0.1, -0.05) is 6.07 Å². The molecule has 0 bridgehead atoms. The average Bonchev–Trinajstić information content (AvgIpc) is 3.27. The molecule has 1 N–H and O–H groups in total. The molecule has 0 aliphatic carbocycles. The zero-order chi connectivity index (χ0) is 27.0. The molecule has 0 unspecified atom stereocenters. The van der Waals surface area contributed by atoms with Gasteiger partial charge in [0.1, 0.15) is 17.7 Å². The first-order valence-corrected chi connectivity index (χ1v) is 11.7. The summed E-state index contributed by atoms with van der Waals surface area (Å²) in [5, 5.41) is 1.98. The number of rotatable bonds is 6. The number of ether oxygens (including phenoxy) is 1. The van der Waals surface area contributed by atoms with Crippen LogP contribution in [0.4, 0.5) is 29.3 Å². The van der Waals surface area contributed by atoms with Crippen molar-refractivity contribution in [1.29, 1.82) is 0 Å². The molecule has 0 radical (unpaired) electrons. The fourth-order valence-corrected chi connectivity index (χ4v) is 4.47. The molecule has 1 fully saturated rings. The van der Waals surface area contributed by atoms with Gasteiger partial charge < -0.3 is 15.0 Å². The van der Waals surface area contributed by atoms with Crippen molar-refractivity contribution in [1.82, 2.24) is 24.2 Å². The Bertz CT molecular complexity index is 1450. The summed E-state index contributed by atoms with van der Waals surface area (Å²) in [4.78, 5) is 56.0. The Labute approximate surface area is 212 Å². The van der Waals surface area contributed by atoms with Crippen molar-refractivity contribution in [2.45, 2.75) is 25.6 Å². The summed E-state index contributed by atoms with van der Waals surface area (Å²) in [5.74, 6) is -1.90.